The fraction of sp³-hybridized carbons (Fsp3) is 0.286. The first kappa shape index (κ1) is 12.2. The topological polar surface area (TPSA) is 45.2 Å². The van der Waals surface area contributed by atoms with Crippen LogP contribution in [0.4, 0.5) is 11.4 Å². The molecule has 0 saturated heterocycles. The van der Waals surface area contributed by atoms with Gasteiger partial charge in [-0.3, -0.25) is 4.79 Å². The number of carbonyl (C=O) groups is 1. The summed E-state index contributed by atoms with van der Waals surface area (Å²) in [6.45, 7) is 3.41. The highest BCUT2D eigenvalue weighted by atomic mass is 32.1. The molecule has 0 radical (unpaired) electrons. The van der Waals surface area contributed by atoms with E-state index < -0.39 is 0 Å². The molecule has 98 valence electrons. The number of hydrogen-bond acceptors (Lipinski definition) is 4. The van der Waals surface area contributed by atoms with Gasteiger partial charge in [0, 0.05) is 18.1 Å². The summed E-state index contributed by atoms with van der Waals surface area (Å²) in [5.41, 5.74) is 1.95. The molecule has 2 aromatic rings. The zero-order chi connectivity index (χ0) is 13.2. The van der Waals surface area contributed by atoms with Gasteiger partial charge in [-0.15, -0.1) is 11.3 Å². The van der Waals surface area contributed by atoms with Gasteiger partial charge in [0.25, 0.3) is 0 Å². The normalized spacial score (nSPS) is 18.7. The van der Waals surface area contributed by atoms with Crippen molar-refractivity contribution in [3.63, 3.8) is 0 Å². The predicted octanol–water partition coefficient (Wildman–Crippen LogP) is 2.74. The van der Waals surface area contributed by atoms with Gasteiger partial charge in [-0.05, 0) is 12.1 Å². The maximum atomic E-state index is 12.0. The molecule has 2 heterocycles. The summed E-state index contributed by atoms with van der Waals surface area (Å²) >= 11 is 1.64. The molecule has 1 aliphatic heterocycles. The maximum absolute atomic E-state index is 12.0. The number of carbonyl (C=O) groups excluding carboxylic acids is 1. The zero-order valence-corrected chi connectivity index (χ0v) is 11.5. The number of aromatic nitrogens is 1. The molecule has 1 atom stereocenters. The van der Waals surface area contributed by atoms with E-state index in [9.17, 15) is 4.79 Å². The molecule has 19 heavy (non-hydrogen) atoms. The summed E-state index contributed by atoms with van der Waals surface area (Å²) in [4.78, 5) is 18.5. The van der Waals surface area contributed by atoms with Crippen LogP contribution in [0.15, 0.2) is 35.8 Å². The fourth-order valence-corrected chi connectivity index (χ4v) is 2.90. The van der Waals surface area contributed by atoms with E-state index in [4.69, 9.17) is 0 Å². The molecule has 1 N–H and O–H groups in total. The molecule has 1 aromatic carbocycles. The summed E-state index contributed by atoms with van der Waals surface area (Å²) < 4.78 is 0. The first-order chi connectivity index (χ1) is 9.24. The highest BCUT2D eigenvalue weighted by Gasteiger charge is 2.24. The van der Waals surface area contributed by atoms with E-state index >= 15 is 0 Å². The Morgan fingerprint density at radius 1 is 1.47 bits per heavy atom. The number of thiazole rings is 1. The zero-order valence-electron chi connectivity index (χ0n) is 10.7. The molecule has 0 aliphatic carbocycles. The number of nitrogens with zero attached hydrogens (tertiary/aromatic N) is 2. The van der Waals surface area contributed by atoms with E-state index in [1.54, 1.807) is 11.3 Å². The van der Waals surface area contributed by atoms with Crippen molar-refractivity contribution in [2.75, 3.05) is 16.8 Å². The van der Waals surface area contributed by atoms with E-state index in [-0.39, 0.29) is 11.8 Å². The largest absolute Gasteiger partial charge is 0.362 e. The van der Waals surface area contributed by atoms with Crippen LogP contribution < -0.4 is 10.2 Å². The predicted molar refractivity (Wildman–Crippen MR) is 77.4 cm³/mol. The van der Waals surface area contributed by atoms with Crippen molar-refractivity contribution in [3.05, 3.63) is 40.8 Å². The lowest BCUT2D eigenvalue weighted by molar-refractivity contribution is -0.119. The Labute approximate surface area is 116 Å². The highest BCUT2D eigenvalue weighted by Crippen LogP contribution is 2.31. The number of rotatable bonds is 2. The number of anilines is 2. The molecule has 0 bridgehead atoms. The smallest absolute Gasteiger partial charge is 0.229 e. The minimum atomic E-state index is -0.0348. The summed E-state index contributed by atoms with van der Waals surface area (Å²) in [7, 11) is 0. The van der Waals surface area contributed by atoms with E-state index in [1.165, 1.54) is 0 Å². The molecule has 3 rings (SSSR count). The Bertz CT molecular complexity index is 582. The number of fused-ring (bicyclic) bond motifs is 1. The Morgan fingerprint density at radius 3 is 3.11 bits per heavy atom. The second-order valence-electron chi connectivity index (χ2n) is 4.71. The van der Waals surface area contributed by atoms with E-state index in [2.05, 4.69) is 15.2 Å². The van der Waals surface area contributed by atoms with Crippen molar-refractivity contribution in [2.24, 2.45) is 5.92 Å². The fourth-order valence-electron chi connectivity index (χ4n) is 2.27. The third-order valence-corrected chi connectivity index (χ3v) is 4.02. The first-order valence-corrected chi connectivity index (χ1v) is 7.15. The van der Waals surface area contributed by atoms with Crippen molar-refractivity contribution in [3.8, 4) is 0 Å². The van der Waals surface area contributed by atoms with Gasteiger partial charge < -0.3 is 10.2 Å². The van der Waals surface area contributed by atoms with Gasteiger partial charge in [-0.2, -0.15) is 0 Å². The third-order valence-electron chi connectivity index (χ3n) is 3.25. The van der Waals surface area contributed by atoms with Gasteiger partial charge in [0.1, 0.15) is 5.01 Å². The lowest BCUT2D eigenvalue weighted by Gasteiger charge is -2.24. The summed E-state index contributed by atoms with van der Waals surface area (Å²) in [6, 6.07) is 7.92. The lowest BCUT2D eigenvalue weighted by atomic mass is 10.1. The Morgan fingerprint density at radius 2 is 2.32 bits per heavy atom. The van der Waals surface area contributed by atoms with Crippen LogP contribution in [0.3, 0.4) is 0 Å². The number of nitrogens with one attached hydrogen (secondary N) is 1. The molecule has 4 nitrogen and oxygen atoms in total. The van der Waals surface area contributed by atoms with Gasteiger partial charge in [0.15, 0.2) is 0 Å². The van der Waals surface area contributed by atoms with Gasteiger partial charge in [0.2, 0.25) is 5.91 Å². The molecular weight excluding hydrogens is 258 g/mol. The molecule has 0 unspecified atom stereocenters. The standard InChI is InChI=1S/C14H15N3OS/c1-10-8-17(9-13-15-6-7-19-13)12-5-3-2-4-11(12)16-14(10)18/h2-7,10H,8-9H2,1H3,(H,16,18)/t10-/m0/s1. The number of benzene rings is 1. The summed E-state index contributed by atoms with van der Waals surface area (Å²) in [5.74, 6) is 0.0430. The van der Waals surface area contributed by atoms with E-state index in [0.29, 0.717) is 6.54 Å². The Kier molecular flexibility index (Phi) is 3.21. The second kappa shape index (κ2) is 5.01. The molecular formula is C14H15N3OS. The van der Waals surface area contributed by atoms with Crippen molar-refractivity contribution in [1.29, 1.82) is 0 Å². The van der Waals surface area contributed by atoms with Crippen LogP contribution >= 0.6 is 11.3 Å². The van der Waals surface area contributed by atoms with Crippen LogP contribution in [0.5, 0.6) is 0 Å². The summed E-state index contributed by atoms with van der Waals surface area (Å²) in [5, 5.41) is 6.03. The SMILES string of the molecule is C[C@H]1CN(Cc2nccs2)c2ccccc2NC1=O. The minimum absolute atomic E-state index is 0.0348. The molecule has 1 aromatic heterocycles. The molecule has 1 amide bonds. The van der Waals surface area contributed by atoms with Gasteiger partial charge >= 0.3 is 0 Å². The van der Waals surface area contributed by atoms with Crippen molar-refractivity contribution < 1.29 is 4.79 Å². The summed E-state index contributed by atoms with van der Waals surface area (Å²) in [6.07, 6.45) is 1.82. The van der Waals surface area contributed by atoms with Crippen LogP contribution in [0, 0.1) is 5.92 Å². The van der Waals surface area contributed by atoms with Crippen molar-refractivity contribution in [1.82, 2.24) is 4.98 Å². The minimum Gasteiger partial charge on any atom is -0.362 e. The molecule has 0 spiro atoms. The number of amides is 1. The van der Waals surface area contributed by atoms with E-state index in [1.807, 2.05) is 42.8 Å². The van der Waals surface area contributed by atoms with Crippen LogP contribution in [-0.2, 0) is 11.3 Å². The van der Waals surface area contributed by atoms with E-state index in [0.717, 1.165) is 22.9 Å². The van der Waals surface area contributed by atoms with Crippen LogP contribution in [0.25, 0.3) is 0 Å². The van der Waals surface area contributed by atoms with Crippen molar-refractivity contribution >= 4 is 28.6 Å². The van der Waals surface area contributed by atoms with Gasteiger partial charge in [0.05, 0.1) is 23.8 Å². The monoisotopic (exact) mass is 273 g/mol. The molecule has 0 fully saturated rings. The average molecular weight is 273 g/mol. The maximum Gasteiger partial charge on any atom is 0.229 e. The van der Waals surface area contributed by atoms with Crippen molar-refractivity contribution in [2.45, 2.75) is 13.5 Å². The van der Waals surface area contributed by atoms with Crippen LogP contribution in [0.1, 0.15) is 11.9 Å². The average Bonchev–Trinajstić information content (AvgIpc) is 2.87. The third kappa shape index (κ3) is 2.46. The Hall–Kier alpha value is -1.88. The van der Waals surface area contributed by atoms with Crippen LogP contribution in [0.2, 0.25) is 0 Å². The molecule has 1 aliphatic rings. The van der Waals surface area contributed by atoms with Gasteiger partial charge in [-0.1, -0.05) is 19.1 Å². The molecule has 5 heteroatoms. The first-order valence-electron chi connectivity index (χ1n) is 6.27. The lowest BCUT2D eigenvalue weighted by Crippen LogP contribution is -2.30. The quantitative estimate of drug-likeness (QED) is 0.915. The van der Waals surface area contributed by atoms with Crippen LogP contribution in [-0.4, -0.2) is 17.4 Å². The highest BCUT2D eigenvalue weighted by molar-refractivity contribution is 7.09. The molecule has 0 saturated carbocycles. The van der Waals surface area contributed by atoms with Gasteiger partial charge in [-0.25, -0.2) is 4.98 Å². The number of para-hydroxylation sites is 2. The number of hydrogen-bond donors (Lipinski definition) is 1. The second-order valence-corrected chi connectivity index (χ2v) is 5.69. The Balaban J connectivity index is 1.95.